The summed E-state index contributed by atoms with van der Waals surface area (Å²) < 4.78 is 5.69. The second-order valence-electron chi connectivity index (χ2n) is 5.28. The first-order chi connectivity index (χ1) is 12.0. The van der Waals surface area contributed by atoms with Crippen molar-refractivity contribution in [3.8, 4) is 5.75 Å². The normalized spacial score (nSPS) is 14.0. The molecular weight excluding hydrogens is 360 g/mol. The van der Waals surface area contributed by atoms with Crippen LogP contribution in [0.25, 0.3) is 6.08 Å². The third kappa shape index (κ3) is 4.43. The van der Waals surface area contributed by atoms with Crippen molar-refractivity contribution in [3.63, 3.8) is 0 Å². The lowest BCUT2D eigenvalue weighted by Crippen LogP contribution is -2.51. The molecule has 0 aliphatic carbocycles. The minimum Gasteiger partial charge on any atom is -0.489 e. The van der Waals surface area contributed by atoms with Crippen LogP contribution in [0.15, 0.2) is 54.1 Å². The summed E-state index contributed by atoms with van der Waals surface area (Å²) in [6.07, 6.45) is 1.49. The Bertz CT molecular complexity index is 856. The van der Waals surface area contributed by atoms with E-state index in [4.69, 9.17) is 28.6 Å². The van der Waals surface area contributed by atoms with Crippen LogP contribution in [0.4, 0.5) is 0 Å². The highest BCUT2D eigenvalue weighted by molar-refractivity contribution is 7.80. The van der Waals surface area contributed by atoms with Crippen LogP contribution in [0, 0.1) is 0 Å². The number of benzene rings is 2. The van der Waals surface area contributed by atoms with E-state index in [1.165, 1.54) is 6.08 Å². The van der Waals surface area contributed by atoms with Gasteiger partial charge < -0.3 is 4.74 Å². The molecule has 2 amide bonds. The minimum absolute atomic E-state index is 0.00111. The van der Waals surface area contributed by atoms with Crippen LogP contribution >= 0.6 is 23.8 Å². The minimum atomic E-state index is -0.518. The SMILES string of the molecule is O=C1NC(=S)NC(=O)C1=Cc1ccc(OCc2cccc(Cl)c2)cc1. The molecule has 0 radical (unpaired) electrons. The Balaban J connectivity index is 1.68. The summed E-state index contributed by atoms with van der Waals surface area (Å²) >= 11 is 10.7. The Morgan fingerprint density at radius 3 is 2.36 bits per heavy atom. The third-order valence-corrected chi connectivity index (χ3v) is 3.87. The van der Waals surface area contributed by atoms with Gasteiger partial charge >= 0.3 is 0 Å². The molecule has 0 aromatic heterocycles. The average Bonchev–Trinajstić information content (AvgIpc) is 2.57. The summed E-state index contributed by atoms with van der Waals surface area (Å²) in [6.45, 7) is 0.392. The maximum Gasteiger partial charge on any atom is 0.263 e. The molecule has 0 unspecified atom stereocenters. The van der Waals surface area contributed by atoms with Gasteiger partial charge in [0.15, 0.2) is 5.11 Å². The van der Waals surface area contributed by atoms with Crippen molar-refractivity contribution in [2.45, 2.75) is 6.61 Å². The lowest BCUT2D eigenvalue weighted by Gasteiger charge is -2.16. The van der Waals surface area contributed by atoms with Crippen molar-refractivity contribution in [1.82, 2.24) is 10.6 Å². The second-order valence-corrected chi connectivity index (χ2v) is 6.13. The number of ether oxygens (including phenoxy) is 1. The van der Waals surface area contributed by atoms with Gasteiger partial charge in [-0.25, -0.2) is 0 Å². The summed E-state index contributed by atoms with van der Waals surface area (Å²) in [5, 5.41) is 5.45. The van der Waals surface area contributed by atoms with E-state index in [0.29, 0.717) is 22.9 Å². The first-order valence-electron chi connectivity index (χ1n) is 7.37. The van der Waals surface area contributed by atoms with Crippen LogP contribution in [-0.4, -0.2) is 16.9 Å². The summed E-state index contributed by atoms with van der Waals surface area (Å²) in [5.41, 5.74) is 1.66. The van der Waals surface area contributed by atoms with Crippen LogP contribution in [0.2, 0.25) is 5.02 Å². The second kappa shape index (κ2) is 7.46. The maximum absolute atomic E-state index is 11.8. The zero-order valence-electron chi connectivity index (χ0n) is 12.9. The summed E-state index contributed by atoms with van der Waals surface area (Å²) in [5.74, 6) is -0.370. The van der Waals surface area contributed by atoms with Crippen molar-refractivity contribution in [2.75, 3.05) is 0 Å². The highest BCUT2D eigenvalue weighted by Crippen LogP contribution is 2.18. The molecular formula is C18H13ClN2O3S. The number of nitrogens with one attached hydrogen (secondary N) is 2. The fourth-order valence-corrected chi connectivity index (χ4v) is 2.62. The number of amides is 2. The lowest BCUT2D eigenvalue weighted by molar-refractivity contribution is -0.123. The van der Waals surface area contributed by atoms with Gasteiger partial charge in [-0.2, -0.15) is 0 Å². The Morgan fingerprint density at radius 1 is 1.04 bits per heavy atom. The number of hydrogen-bond acceptors (Lipinski definition) is 4. The third-order valence-electron chi connectivity index (χ3n) is 3.43. The Hall–Kier alpha value is -2.70. The Kier molecular flexibility index (Phi) is 5.11. The number of hydrogen-bond donors (Lipinski definition) is 2. The average molecular weight is 373 g/mol. The van der Waals surface area contributed by atoms with Crippen molar-refractivity contribution < 1.29 is 14.3 Å². The molecule has 0 bridgehead atoms. The molecule has 1 aliphatic heterocycles. The van der Waals surface area contributed by atoms with E-state index >= 15 is 0 Å². The van der Waals surface area contributed by atoms with Crippen LogP contribution in [-0.2, 0) is 16.2 Å². The molecule has 1 saturated heterocycles. The summed E-state index contributed by atoms with van der Waals surface area (Å²) in [4.78, 5) is 23.6. The molecule has 3 rings (SSSR count). The zero-order valence-corrected chi connectivity index (χ0v) is 14.5. The van der Waals surface area contributed by atoms with Gasteiger partial charge in [0, 0.05) is 5.02 Å². The molecule has 1 fully saturated rings. The lowest BCUT2D eigenvalue weighted by atomic mass is 10.1. The van der Waals surface area contributed by atoms with Crippen LogP contribution in [0.3, 0.4) is 0 Å². The van der Waals surface area contributed by atoms with E-state index in [1.807, 2.05) is 18.2 Å². The molecule has 0 saturated carbocycles. The monoisotopic (exact) mass is 372 g/mol. The van der Waals surface area contributed by atoms with Crippen molar-refractivity contribution in [1.29, 1.82) is 0 Å². The molecule has 1 heterocycles. The van der Waals surface area contributed by atoms with Crippen molar-refractivity contribution >= 4 is 46.8 Å². The van der Waals surface area contributed by atoms with E-state index in [2.05, 4.69) is 10.6 Å². The standard InChI is InChI=1S/C18H13ClN2O3S/c19-13-3-1-2-12(8-13)10-24-14-6-4-11(5-7-14)9-15-16(22)20-18(25)21-17(15)23/h1-9H,10H2,(H2,20,21,22,23,25). The molecule has 2 aromatic rings. The molecule has 25 heavy (non-hydrogen) atoms. The molecule has 5 nitrogen and oxygen atoms in total. The maximum atomic E-state index is 11.8. The van der Waals surface area contributed by atoms with E-state index in [-0.39, 0.29) is 10.7 Å². The fourth-order valence-electron chi connectivity index (χ4n) is 2.23. The predicted molar refractivity (Wildman–Crippen MR) is 99.1 cm³/mol. The number of carbonyl (C=O) groups is 2. The Morgan fingerprint density at radius 2 is 1.72 bits per heavy atom. The van der Waals surface area contributed by atoms with Crippen molar-refractivity contribution in [3.05, 3.63) is 70.3 Å². The molecule has 1 aliphatic rings. The topological polar surface area (TPSA) is 67.4 Å². The van der Waals surface area contributed by atoms with Gasteiger partial charge in [0.1, 0.15) is 17.9 Å². The molecule has 0 atom stereocenters. The molecule has 0 spiro atoms. The van der Waals surface area contributed by atoms with Gasteiger partial charge in [-0.1, -0.05) is 35.9 Å². The van der Waals surface area contributed by atoms with Gasteiger partial charge in [0.25, 0.3) is 11.8 Å². The molecule has 126 valence electrons. The highest BCUT2D eigenvalue weighted by Gasteiger charge is 2.25. The van der Waals surface area contributed by atoms with E-state index in [9.17, 15) is 9.59 Å². The first kappa shape index (κ1) is 17.1. The van der Waals surface area contributed by atoms with Crippen LogP contribution in [0.5, 0.6) is 5.75 Å². The molecule has 2 N–H and O–H groups in total. The van der Waals surface area contributed by atoms with E-state index in [0.717, 1.165) is 5.56 Å². The van der Waals surface area contributed by atoms with Crippen molar-refractivity contribution in [2.24, 2.45) is 0 Å². The van der Waals surface area contributed by atoms with Gasteiger partial charge in [0.2, 0.25) is 0 Å². The number of thiocarbonyl (C=S) groups is 1. The van der Waals surface area contributed by atoms with Crippen LogP contribution in [0.1, 0.15) is 11.1 Å². The first-order valence-corrected chi connectivity index (χ1v) is 8.15. The van der Waals surface area contributed by atoms with Crippen LogP contribution < -0.4 is 15.4 Å². The fraction of sp³-hybridized carbons (Fsp3) is 0.0556. The highest BCUT2D eigenvalue weighted by atomic mass is 35.5. The van der Waals surface area contributed by atoms with Gasteiger partial charge in [-0.3, -0.25) is 20.2 Å². The largest absolute Gasteiger partial charge is 0.489 e. The molecule has 7 heteroatoms. The smallest absolute Gasteiger partial charge is 0.263 e. The predicted octanol–water partition coefficient (Wildman–Crippen LogP) is 2.83. The zero-order chi connectivity index (χ0) is 17.8. The summed E-state index contributed by atoms with van der Waals surface area (Å²) in [7, 11) is 0. The van der Waals surface area contributed by atoms with E-state index in [1.54, 1.807) is 30.3 Å². The number of rotatable bonds is 4. The summed E-state index contributed by atoms with van der Waals surface area (Å²) in [6, 6.07) is 14.5. The Labute approximate surface area is 154 Å². The number of carbonyl (C=O) groups excluding carboxylic acids is 2. The molecule has 2 aromatic carbocycles. The van der Waals surface area contributed by atoms with Gasteiger partial charge in [0.05, 0.1) is 0 Å². The quantitative estimate of drug-likeness (QED) is 0.492. The van der Waals surface area contributed by atoms with E-state index < -0.39 is 11.8 Å². The van der Waals surface area contributed by atoms with Gasteiger partial charge in [-0.15, -0.1) is 0 Å². The van der Waals surface area contributed by atoms with Gasteiger partial charge in [-0.05, 0) is 53.7 Å². The number of halogens is 1.